The number of aliphatic hydroxyl groups is 2. The third kappa shape index (κ3) is 5.53. The average molecular weight is 130 g/mol. The molecule has 0 unspecified atom stereocenters. The van der Waals surface area contributed by atoms with Crippen LogP contribution in [0.15, 0.2) is 12.2 Å². The fraction of sp³-hybridized carbons (Fsp3) is 0.714. The molecule has 0 aromatic heterocycles. The molecule has 0 saturated heterocycles. The molecule has 0 aromatic carbocycles. The van der Waals surface area contributed by atoms with E-state index < -0.39 is 0 Å². The first kappa shape index (κ1) is 8.66. The van der Waals surface area contributed by atoms with Gasteiger partial charge in [0.1, 0.15) is 0 Å². The fourth-order valence-corrected chi connectivity index (χ4v) is 0.495. The summed E-state index contributed by atoms with van der Waals surface area (Å²) in [6.07, 6.45) is 4.60. The van der Waals surface area contributed by atoms with Gasteiger partial charge in [0.15, 0.2) is 0 Å². The normalized spacial score (nSPS) is 14.6. The predicted molar refractivity (Wildman–Crippen MR) is 37.1 cm³/mol. The van der Waals surface area contributed by atoms with E-state index in [0.717, 1.165) is 6.42 Å². The maximum absolute atomic E-state index is 8.95. The Morgan fingerprint density at radius 1 is 1.44 bits per heavy atom. The van der Waals surface area contributed by atoms with Gasteiger partial charge < -0.3 is 10.2 Å². The number of rotatable bonds is 4. The Morgan fingerprint density at radius 3 is 2.56 bits per heavy atom. The second-order valence-corrected chi connectivity index (χ2v) is 1.95. The first-order valence-corrected chi connectivity index (χ1v) is 3.25. The van der Waals surface area contributed by atoms with Crippen LogP contribution in [0, 0.1) is 0 Å². The first-order valence-electron chi connectivity index (χ1n) is 3.25. The van der Waals surface area contributed by atoms with E-state index in [1.807, 2.05) is 6.92 Å². The molecule has 0 rings (SSSR count). The summed E-state index contributed by atoms with van der Waals surface area (Å²) in [5, 5.41) is 17.2. The molecule has 2 nitrogen and oxygen atoms in total. The quantitative estimate of drug-likeness (QED) is 0.550. The van der Waals surface area contributed by atoms with Crippen LogP contribution in [-0.2, 0) is 0 Å². The molecule has 0 heterocycles. The van der Waals surface area contributed by atoms with Crippen LogP contribution < -0.4 is 0 Å². The van der Waals surface area contributed by atoms with Gasteiger partial charge in [-0.2, -0.15) is 0 Å². The van der Waals surface area contributed by atoms with Crippen molar-refractivity contribution >= 4 is 0 Å². The van der Waals surface area contributed by atoms with E-state index in [4.69, 9.17) is 10.2 Å². The molecule has 0 aliphatic rings. The molecule has 0 saturated carbocycles. The minimum atomic E-state index is -0.243. The first-order chi connectivity index (χ1) is 4.31. The summed E-state index contributed by atoms with van der Waals surface area (Å²) < 4.78 is 0. The molecule has 2 N–H and O–H groups in total. The molecule has 1 atom stereocenters. The summed E-state index contributed by atoms with van der Waals surface area (Å²) >= 11 is 0. The topological polar surface area (TPSA) is 40.5 Å². The van der Waals surface area contributed by atoms with Crippen molar-refractivity contribution in [3.63, 3.8) is 0 Å². The highest BCUT2D eigenvalue weighted by molar-refractivity contribution is 4.82. The highest BCUT2D eigenvalue weighted by Gasteiger charge is 1.93. The maximum atomic E-state index is 8.95. The zero-order valence-electron chi connectivity index (χ0n) is 5.75. The summed E-state index contributed by atoms with van der Waals surface area (Å²) in [6.45, 7) is 1.99. The fourth-order valence-electron chi connectivity index (χ4n) is 0.495. The van der Waals surface area contributed by atoms with Crippen LogP contribution in [-0.4, -0.2) is 22.9 Å². The monoisotopic (exact) mass is 130 g/mol. The van der Waals surface area contributed by atoms with Crippen molar-refractivity contribution in [1.29, 1.82) is 0 Å². The number of aliphatic hydroxyl groups excluding tert-OH is 2. The van der Waals surface area contributed by atoms with Crippen molar-refractivity contribution in [2.45, 2.75) is 25.9 Å². The Morgan fingerprint density at radius 2 is 2.11 bits per heavy atom. The van der Waals surface area contributed by atoms with E-state index in [9.17, 15) is 0 Å². The van der Waals surface area contributed by atoms with E-state index in [2.05, 4.69) is 0 Å². The zero-order chi connectivity index (χ0) is 7.11. The lowest BCUT2D eigenvalue weighted by Gasteiger charge is -2.00. The minimum absolute atomic E-state index is 0.0659. The molecule has 0 aliphatic heterocycles. The van der Waals surface area contributed by atoms with Gasteiger partial charge in [-0.1, -0.05) is 19.1 Å². The van der Waals surface area contributed by atoms with Gasteiger partial charge in [-0.05, 0) is 12.8 Å². The van der Waals surface area contributed by atoms with Crippen LogP contribution >= 0.6 is 0 Å². The Bertz CT molecular complexity index is 79.0. The molecule has 0 fully saturated rings. The zero-order valence-corrected chi connectivity index (χ0v) is 5.75. The Hall–Kier alpha value is -0.340. The summed E-state index contributed by atoms with van der Waals surface area (Å²) in [5.74, 6) is 0. The Labute approximate surface area is 55.8 Å². The van der Waals surface area contributed by atoms with Crippen LogP contribution in [0.1, 0.15) is 19.8 Å². The lowest BCUT2D eigenvalue weighted by molar-refractivity contribution is 0.173. The van der Waals surface area contributed by atoms with Gasteiger partial charge in [0, 0.05) is 0 Å². The molecule has 0 amide bonds. The molecular formula is C7H14O2. The van der Waals surface area contributed by atoms with Gasteiger partial charge >= 0.3 is 0 Å². The van der Waals surface area contributed by atoms with Crippen molar-refractivity contribution in [1.82, 2.24) is 0 Å². The summed E-state index contributed by atoms with van der Waals surface area (Å²) in [6, 6.07) is 0. The molecule has 9 heavy (non-hydrogen) atoms. The predicted octanol–water partition coefficient (Wildman–Crippen LogP) is 0.696. The van der Waals surface area contributed by atoms with Crippen LogP contribution in [0.3, 0.4) is 0 Å². The number of hydrogen-bond donors (Lipinski definition) is 2. The smallest absolute Gasteiger partial charge is 0.0612 e. The molecule has 54 valence electrons. The molecule has 0 bridgehead atoms. The lowest BCUT2D eigenvalue weighted by Crippen LogP contribution is -2.01. The van der Waals surface area contributed by atoms with Gasteiger partial charge in [0.2, 0.25) is 0 Å². The van der Waals surface area contributed by atoms with Gasteiger partial charge in [-0.15, -0.1) is 0 Å². The van der Waals surface area contributed by atoms with E-state index in [1.54, 1.807) is 12.2 Å². The minimum Gasteiger partial charge on any atom is -0.393 e. The largest absolute Gasteiger partial charge is 0.393 e. The van der Waals surface area contributed by atoms with E-state index >= 15 is 0 Å². The molecule has 0 aromatic rings. The van der Waals surface area contributed by atoms with Crippen LogP contribution in [0.5, 0.6) is 0 Å². The van der Waals surface area contributed by atoms with Gasteiger partial charge in [-0.3, -0.25) is 0 Å². The summed E-state index contributed by atoms with van der Waals surface area (Å²) in [5.41, 5.74) is 0. The van der Waals surface area contributed by atoms with E-state index in [1.165, 1.54) is 0 Å². The standard InChI is InChI=1S/C7H14O2/c1-2-7(9)5-3-4-6-8/h3-4,7-9H,2,5-6H2,1H3/b4-3-/t7-/m1/s1. The van der Waals surface area contributed by atoms with Gasteiger partial charge in [0.05, 0.1) is 12.7 Å². The molecular weight excluding hydrogens is 116 g/mol. The van der Waals surface area contributed by atoms with Gasteiger partial charge in [-0.25, -0.2) is 0 Å². The maximum Gasteiger partial charge on any atom is 0.0612 e. The summed E-state index contributed by atoms with van der Waals surface area (Å²) in [4.78, 5) is 0. The van der Waals surface area contributed by atoms with E-state index in [0.29, 0.717) is 6.42 Å². The lowest BCUT2D eigenvalue weighted by atomic mass is 10.2. The third-order valence-electron chi connectivity index (χ3n) is 1.15. The van der Waals surface area contributed by atoms with Gasteiger partial charge in [0.25, 0.3) is 0 Å². The van der Waals surface area contributed by atoms with Crippen molar-refractivity contribution in [2.75, 3.05) is 6.61 Å². The highest BCUT2D eigenvalue weighted by Crippen LogP contribution is 1.96. The third-order valence-corrected chi connectivity index (χ3v) is 1.15. The van der Waals surface area contributed by atoms with Crippen molar-refractivity contribution in [2.24, 2.45) is 0 Å². The number of hydrogen-bond acceptors (Lipinski definition) is 2. The second-order valence-electron chi connectivity index (χ2n) is 1.95. The van der Waals surface area contributed by atoms with Crippen molar-refractivity contribution < 1.29 is 10.2 Å². The Balaban J connectivity index is 3.15. The highest BCUT2D eigenvalue weighted by atomic mass is 16.3. The average Bonchev–Trinajstić information content (AvgIpc) is 1.89. The van der Waals surface area contributed by atoms with Crippen LogP contribution in [0.2, 0.25) is 0 Å². The molecule has 0 spiro atoms. The molecule has 0 radical (unpaired) electrons. The SMILES string of the molecule is CC[C@@H](O)C/C=C\CO. The second kappa shape index (κ2) is 5.79. The van der Waals surface area contributed by atoms with Crippen LogP contribution in [0.25, 0.3) is 0 Å². The van der Waals surface area contributed by atoms with Crippen molar-refractivity contribution in [3.8, 4) is 0 Å². The van der Waals surface area contributed by atoms with E-state index in [-0.39, 0.29) is 12.7 Å². The molecule has 2 heteroatoms. The van der Waals surface area contributed by atoms with Crippen LogP contribution in [0.4, 0.5) is 0 Å². The van der Waals surface area contributed by atoms with Crippen molar-refractivity contribution in [3.05, 3.63) is 12.2 Å². The molecule has 0 aliphatic carbocycles. The summed E-state index contributed by atoms with van der Waals surface area (Å²) in [7, 11) is 0. The Kier molecular flexibility index (Phi) is 5.57.